The molecule has 1 rings (SSSR count). The second kappa shape index (κ2) is 16.0. The standard InChI is InChI=1S/C19H30O14S3.C2H6/c1-13-16(31-7-4-10-34(21,22)23)14(2)18(33-9-6-12-36(27,28)29)15(19(20)30-3)17(13)32-8-5-11-35(24,25)26;1-2/h4-12H2,1-3H3,(H,21,22,23)(H,24,25,26)(H,27,28,29);1-2H3. The second-order valence-electron chi connectivity index (χ2n) is 7.57. The van der Waals surface area contributed by atoms with Crippen LogP contribution < -0.4 is 14.2 Å². The number of rotatable bonds is 16. The van der Waals surface area contributed by atoms with Crippen molar-refractivity contribution in [1.82, 2.24) is 0 Å². The Morgan fingerprint density at radius 3 is 1.18 bits per heavy atom. The Labute approximate surface area is 223 Å². The van der Waals surface area contributed by atoms with Gasteiger partial charge >= 0.3 is 5.97 Å². The first kappa shape index (κ1) is 35.8. The lowest BCUT2D eigenvalue weighted by molar-refractivity contribution is 0.0590. The predicted molar refractivity (Wildman–Crippen MR) is 138 cm³/mol. The third-order valence-corrected chi connectivity index (χ3v) is 7.00. The molecule has 0 saturated carbocycles. The highest BCUT2D eigenvalue weighted by Crippen LogP contribution is 2.43. The molecular formula is C21H36O14S3. The number of methoxy groups -OCH3 is 1. The van der Waals surface area contributed by atoms with E-state index in [4.69, 9.17) is 32.6 Å². The van der Waals surface area contributed by atoms with E-state index in [0.717, 1.165) is 7.11 Å². The van der Waals surface area contributed by atoms with Gasteiger partial charge in [0.25, 0.3) is 30.4 Å². The maximum absolute atomic E-state index is 12.6. The number of carbonyl (C=O) groups is 1. The van der Waals surface area contributed by atoms with Gasteiger partial charge in [-0.3, -0.25) is 13.7 Å². The van der Waals surface area contributed by atoms with Gasteiger partial charge in [-0.2, -0.15) is 25.3 Å². The molecule has 0 radical (unpaired) electrons. The zero-order chi connectivity index (χ0) is 29.7. The summed E-state index contributed by atoms with van der Waals surface area (Å²) in [4.78, 5) is 12.6. The zero-order valence-corrected chi connectivity index (χ0v) is 24.4. The highest BCUT2D eigenvalue weighted by atomic mass is 32.2. The number of ether oxygens (including phenoxy) is 4. The average molecular weight is 609 g/mol. The van der Waals surface area contributed by atoms with Gasteiger partial charge in [0.15, 0.2) is 0 Å². The lowest BCUT2D eigenvalue weighted by atomic mass is 10.0. The lowest BCUT2D eigenvalue weighted by Crippen LogP contribution is -2.17. The highest BCUT2D eigenvalue weighted by molar-refractivity contribution is 7.86. The molecule has 38 heavy (non-hydrogen) atoms. The fraction of sp³-hybridized carbons (Fsp3) is 0.667. The smallest absolute Gasteiger partial charge is 0.345 e. The third-order valence-electron chi connectivity index (χ3n) is 4.59. The Balaban J connectivity index is 0.00000667. The molecule has 0 aliphatic rings. The summed E-state index contributed by atoms with van der Waals surface area (Å²) in [7, 11) is -11.6. The first-order chi connectivity index (χ1) is 17.5. The molecule has 0 unspecified atom stereocenters. The molecule has 3 N–H and O–H groups in total. The molecule has 0 bridgehead atoms. The average Bonchev–Trinajstić information content (AvgIpc) is 2.79. The molecule has 0 atom stereocenters. The highest BCUT2D eigenvalue weighted by Gasteiger charge is 2.29. The molecule has 0 saturated heterocycles. The zero-order valence-electron chi connectivity index (χ0n) is 21.9. The molecule has 1 aromatic carbocycles. The Morgan fingerprint density at radius 1 is 0.632 bits per heavy atom. The van der Waals surface area contributed by atoms with Crippen LogP contribution in [-0.4, -0.2) is 89.1 Å². The van der Waals surface area contributed by atoms with Gasteiger partial charge in [0.1, 0.15) is 22.8 Å². The van der Waals surface area contributed by atoms with Crippen LogP contribution in [0.1, 0.15) is 54.6 Å². The summed E-state index contributed by atoms with van der Waals surface area (Å²) in [5.74, 6) is -2.74. The Hall–Kier alpha value is -2.18. The first-order valence-electron chi connectivity index (χ1n) is 11.5. The second-order valence-corrected chi connectivity index (χ2v) is 12.3. The van der Waals surface area contributed by atoms with Crippen molar-refractivity contribution in [3.63, 3.8) is 0 Å². The van der Waals surface area contributed by atoms with Crippen LogP contribution in [0.15, 0.2) is 0 Å². The molecular weight excluding hydrogens is 572 g/mol. The van der Waals surface area contributed by atoms with E-state index in [1.54, 1.807) is 0 Å². The Bertz CT molecular complexity index is 1170. The summed E-state index contributed by atoms with van der Waals surface area (Å²) in [5.41, 5.74) is 0.324. The number of benzene rings is 1. The van der Waals surface area contributed by atoms with E-state index in [1.165, 1.54) is 13.8 Å². The quantitative estimate of drug-likeness (QED) is 0.139. The largest absolute Gasteiger partial charge is 0.493 e. The number of esters is 1. The van der Waals surface area contributed by atoms with Gasteiger partial charge in [-0.25, -0.2) is 4.79 Å². The van der Waals surface area contributed by atoms with Gasteiger partial charge in [-0.1, -0.05) is 13.8 Å². The van der Waals surface area contributed by atoms with Gasteiger partial charge in [0.2, 0.25) is 0 Å². The summed E-state index contributed by atoms with van der Waals surface area (Å²) in [6.45, 7) is 6.36. The van der Waals surface area contributed by atoms with Crippen LogP contribution in [0.3, 0.4) is 0 Å². The van der Waals surface area contributed by atoms with Crippen LogP contribution in [0.5, 0.6) is 17.2 Å². The van der Waals surface area contributed by atoms with Crippen LogP contribution in [0.4, 0.5) is 0 Å². The Morgan fingerprint density at radius 2 is 0.921 bits per heavy atom. The number of hydrogen-bond donors (Lipinski definition) is 3. The summed E-state index contributed by atoms with van der Waals surface area (Å²) in [5, 5.41) is 0. The molecule has 0 fully saturated rings. The molecule has 14 nitrogen and oxygen atoms in total. The SMILES string of the molecule is CC.COC(=O)c1c(OCCCS(=O)(=O)O)c(C)c(OCCCS(=O)(=O)O)c(C)c1OCCCS(=O)(=O)O. The summed E-state index contributed by atoms with van der Waals surface area (Å²) in [6, 6.07) is 0. The number of hydrogen-bond acceptors (Lipinski definition) is 11. The topological polar surface area (TPSA) is 217 Å². The van der Waals surface area contributed by atoms with Gasteiger partial charge < -0.3 is 18.9 Å². The van der Waals surface area contributed by atoms with E-state index in [-0.39, 0.29) is 73.0 Å². The van der Waals surface area contributed by atoms with Crippen LogP contribution in [0.2, 0.25) is 0 Å². The van der Waals surface area contributed by atoms with E-state index in [0.29, 0.717) is 0 Å². The summed E-state index contributed by atoms with van der Waals surface area (Å²) in [6.07, 6.45) is -0.352. The van der Waals surface area contributed by atoms with Gasteiger partial charge in [-0.05, 0) is 33.1 Å². The van der Waals surface area contributed by atoms with E-state index < -0.39 is 53.6 Å². The summed E-state index contributed by atoms with van der Waals surface area (Å²) >= 11 is 0. The maximum atomic E-state index is 12.6. The summed E-state index contributed by atoms with van der Waals surface area (Å²) < 4.78 is 114. The monoisotopic (exact) mass is 608 g/mol. The first-order valence-corrected chi connectivity index (χ1v) is 16.3. The van der Waals surface area contributed by atoms with Gasteiger partial charge in [0, 0.05) is 11.1 Å². The van der Waals surface area contributed by atoms with Crippen molar-refractivity contribution in [2.45, 2.75) is 47.0 Å². The van der Waals surface area contributed by atoms with E-state index >= 15 is 0 Å². The fourth-order valence-electron chi connectivity index (χ4n) is 3.08. The van der Waals surface area contributed by atoms with Crippen molar-refractivity contribution in [2.75, 3.05) is 44.2 Å². The minimum Gasteiger partial charge on any atom is -0.493 e. The van der Waals surface area contributed by atoms with Crippen molar-refractivity contribution in [2.24, 2.45) is 0 Å². The van der Waals surface area contributed by atoms with Crippen molar-refractivity contribution >= 4 is 36.3 Å². The van der Waals surface area contributed by atoms with Gasteiger partial charge in [0.05, 0.1) is 44.2 Å². The van der Waals surface area contributed by atoms with E-state index in [9.17, 15) is 30.0 Å². The third kappa shape index (κ3) is 13.6. The molecule has 0 aliphatic heterocycles. The predicted octanol–water partition coefficient (Wildman–Crippen LogP) is 2.09. The Kier molecular flexibility index (Phi) is 15.1. The van der Waals surface area contributed by atoms with Gasteiger partial charge in [-0.15, -0.1) is 0 Å². The lowest BCUT2D eigenvalue weighted by Gasteiger charge is -2.23. The van der Waals surface area contributed by atoms with Crippen LogP contribution >= 0.6 is 0 Å². The van der Waals surface area contributed by atoms with Crippen LogP contribution in [0.25, 0.3) is 0 Å². The molecule has 0 aliphatic carbocycles. The normalized spacial score (nSPS) is 11.8. The van der Waals surface area contributed by atoms with Crippen molar-refractivity contribution < 1.29 is 62.7 Å². The fourth-order valence-corrected chi connectivity index (χ4v) is 4.53. The molecule has 0 amide bonds. The molecule has 17 heteroatoms. The molecule has 222 valence electrons. The minimum atomic E-state index is -4.26. The van der Waals surface area contributed by atoms with E-state index in [1.807, 2.05) is 13.8 Å². The van der Waals surface area contributed by atoms with Crippen LogP contribution in [0, 0.1) is 13.8 Å². The maximum Gasteiger partial charge on any atom is 0.345 e. The van der Waals surface area contributed by atoms with Crippen LogP contribution in [-0.2, 0) is 35.1 Å². The molecule has 0 heterocycles. The van der Waals surface area contributed by atoms with E-state index in [2.05, 4.69) is 0 Å². The van der Waals surface area contributed by atoms with Crippen molar-refractivity contribution in [3.05, 3.63) is 16.7 Å². The minimum absolute atomic E-state index is 0.0778. The van der Waals surface area contributed by atoms with Crippen molar-refractivity contribution in [3.8, 4) is 17.2 Å². The van der Waals surface area contributed by atoms with Crippen molar-refractivity contribution in [1.29, 1.82) is 0 Å². The number of carbonyl (C=O) groups excluding carboxylic acids is 1. The molecule has 0 spiro atoms. The molecule has 0 aromatic heterocycles. The molecule has 1 aromatic rings.